The van der Waals surface area contributed by atoms with Crippen molar-refractivity contribution in [2.45, 2.75) is 0 Å². The average molecular weight is 254 g/mol. The Morgan fingerprint density at radius 3 is 2.58 bits per heavy atom. The molecule has 0 aliphatic rings. The summed E-state index contributed by atoms with van der Waals surface area (Å²) < 4.78 is 12.9. The van der Waals surface area contributed by atoms with Crippen molar-refractivity contribution in [3.63, 3.8) is 0 Å². The number of rotatable bonds is 2. The molecule has 3 rings (SSSR count). The van der Waals surface area contributed by atoms with Gasteiger partial charge in [-0.1, -0.05) is 0 Å². The lowest BCUT2D eigenvalue weighted by atomic mass is 10.2. The second kappa shape index (κ2) is 4.53. The zero-order valence-corrected chi connectivity index (χ0v) is 9.97. The van der Waals surface area contributed by atoms with Crippen LogP contribution in [-0.2, 0) is 0 Å². The molecule has 19 heavy (non-hydrogen) atoms. The molecule has 0 saturated heterocycles. The first-order chi connectivity index (χ1) is 9.22. The van der Waals surface area contributed by atoms with Gasteiger partial charge < -0.3 is 11.1 Å². The van der Waals surface area contributed by atoms with Gasteiger partial charge in [-0.05, 0) is 42.5 Å². The Kier molecular flexibility index (Phi) is 2.72. The van der Waals surface area contributed by atoms with Gasteiger partial charge in [-0.15, -0.1) is 0 Å². The van der Waals surface area contributed by atoms with Crippen LogP contribution in [0.3, 0.4) is 0 Å². The number of halogens is 1. The van der Waals surface area contributed by atoms with Gasteiger partial charge >= 0.3 is 0 Å². The number of nitrogens with zero attached hydrogens (tertiary/aromatic N) is 2. The van der Waals surface area contributed by atoms with E-state index in [0.29, 0.717) is 11.5 Å². The number of anilines is 3. The van der Waals surface area contributed by atoms with Gasteiger partial charge in [0, 0.05) is 16.8 Å². The van der Waals surface area contributed by atoms with E-state index in [1.165, 1.54) is 18.5 Å². The molecule has 3 N–H and O–H groups in total. The number of hydrogen-bond acceptors (Lipinski definition) is 4. The first-order valence-electron chi connectivity index (χ1n) is 5.75. The molecule has 0 saturated carbocycles. The quantitative estimate of drug-likeness (QED) is 0.690. The first-order valence-corrected chi connectivity index (χ1v) is 5.75. The molecule has 0 aliphatic carbocycles. The molecule has 1 heterocycles. The number of benzene rings is 2. The lowest BCUT2D eigenvalue weighted by Crippen LogP contribution is -1.96. The minimum Gasteiger partial charge on any atom is -0.399 e. The highest BCUT2D eigenvalue weighted by Crippen LogP contribution is 2.24. The van der Waals surface area contributed by atoms with Crippen molar-refractivity contribution < 1.29 is 4.39 Å². The summed E-state index contributed by atoms with van der Waals surface area (Å²) in [5.41, 5.74) is 7.90. The summed E-state index contributed by atoms with van der Waals surface area (Å²) in [6.07, 6.45) is 1.47. The highest BCUT2D eigenvalue weighted by Gasteiger charge is 2.04. The minimum absolute atomic E-state index is 0.272. The van der Waals surface area contributed by atoms with E-state index in [4.69, 9.17) is 5.73 Å². The van der Waals surface area contributed by atoms with Crippen LogP contribution in [0.5, 0.6) is 0 Å². The molecule has 4 nitrogen and oxygen atoms in total. The molecule has 1 aromatic heterocycles. The van der Waals surface area contributed by atoms with E-state index in [2.05, 4.69) is 15.3 Å². The molecule has 0 radical (unpaired) electrons. The summed E-state index contributed by atoms with van der Waals surface area (Å²) in [6, 6.07) is 11.5. The van der Waals surface area contributed by atoms with Gasteiger partial charge in [0.2, 0.25) is 0 Å². The number of hydrogen-bond donors (Lipinski definition) is 2. The second-order valence-electron chi connectivity index (χ2n) is 4.13. The van der Waals surface area contributed by atoms with E-state index in [1.54, 1.807) is 24.3 Å². The molecule has 0 aliphatic heterocycles. The summed E-state index contributed by atoms with van der Waals surface area (Å²) in [5.74, 6) is 0.391. The van der Waals surface area contributed by atoms with Crippen molar-refractivity contribution in [1.82, 2.24) is 9.97 Å². The zero-order valence-electron chi connectivity index (χ0n) is 9.97. The molecule has 0 amide bonds. The van der Waals surface area contributed by atoms with E-state index in [0.717, 1.165) is 16.6 Å². The molecular weight excluding hydrogens is 243 g/mol. The number of nitrogens with one attached hydrogen (secondary N) is 1. The third kappa shape index (κ3) is 2.30. The van der Waals surface area contributed by atoms with Crippen molar-refractivity contribution in [3.8, 4) is 0 Å². The summed E-state index contributed by atoms with van der Waals surface area (Å²) in [5, 5.41) is 4.00. The van der Waals surface area contributed by atoms with Gasteiger partial charge in [0.25, 0.3) is 0 Å². The molecule has 0 atom stereocenters. The minimum atomic E-state index is -0.272. The maximum Gasteiger partial charge on any atom is 0.141 e. The third-order valence-corrected chi connectivity index (χ3v) is 2.77. The predicted octanol–water partition coefficient (Wildman–Crippen LogP) is 3.09. The average Bonchev–Trinajstić information content (AvgIpc) is 2.41. The fourth-order valence-electron chi connectivity index (χ4n) is 1.84. The molecule has 2 aromatic carbocycles. The van der Waals surface area contributed by atoms with Crippen LogP contribution >= 0.6 is 0 Å². The van der Waals surface area contributed by atoms with Crippen molar-refractivity contribution in [1.29, 1.82) is 0 Å². The van der Waals surface area contributed by atoms with Crippen LogP contribution in [0.4, 0.5) is 21.6 Å². The van der Waals surface area contributed by atoms with Gasteiger partial charge in [0.15, 0.2) is 0 Å². The highest BCUT2D eigenvalue weighted by molar-refractivity contribution is 5.92. The molecule has 0 unspecified atom stereocenters. The normalized spacial score (nSPS) is 10.6. The van der Waals surface area contributed by atoms with Crippen LogP contribution in [0.2, 0.25) is 0 Å². The Bertz CT molecular complexity index is 725. The topological polar surface area (TPSA) is 63.8 Å². The maximum absolute atomic E-state index is 12.9. The first kappa shape index (κ1) is 11.4. The number of nitrogens with two attached hydrogens (primary N) is 1. The standard InChI is InChI=1S/C14H11FN4/c15-9-1-4-11(5-2-9)19-14-12-6-3-10(16)7-13(12)17-8-18-14/h1-8H,16H2,(H,17,18,19). The second-order valence-corrected chi connectivity index (χ2v) is 4.13. The van der Waals surface area contributed by atoms with Crippen molar-refractivity contribution >= 4 is 28.1 Å². The van der Waals surface area contributed by atoms with E-state index in [-0.39, 0.29) is 5.82 Å². The van der Waals surface area contributed by atoms with Gasteiger partial charge in [-0.25, -0.2) is 14.4 Å². The Balaban J connectivity index is 2.03. The Morgan fingerprint density at radius 2 is 1.79 bits per heavy atom. The molecule has 0 fully saturated rings. The lowest BCUT2D eigenvalue weighted by molar-refractivity contribution is 0.628. The Hall–Kier alpha value is -2.69. The van der Waals surface area contributed by atoms with Gasteiger partial charge in [-0.2, -0.15) is 0 Å². The van der Waals surface area contributed by atoms with Gasteiger partial charge in [0.1, 0.15) is 18.0 Å². The largest absolute Gasteiger partial charge is 0.399 e. The van der Waals surface area contributed by atoms with Crippen LogP contribution in [0.15, 0.2) is 48.8 Å². The fourth-order valence-corrected chi connectivity index (χ4v) is 1.84. The van der Waals surface area contributed by atoms with Crippen LogP contribution in [-0.4, -0.2) is 9.97 Å². The van der Waals surface area contributed by atoms with Gasteiger partial charge in [-0.3, -0.25) is 0 Å². The number of nitrogen functional groups attached to an aromatic ring is 1. The van der Waals surface area contributed by atoms with Crippen molar-refractivity contribution in [2.24, 2.45) is 0 Å². The van der Waals surface area contributed by atoms with E-state index >= 15 is 0 Å². The van der Waals surface area contributed by atoms with E-state index in [9.17, 15) is 4.39 Å². The van der Waals surface area contributed by atoms with E-state index < -0.39 is 0 Å². The highest BCUT2D eigenvalue weighted by atomic mass is 19.1. The fraction of sp³-hybridized carbons (Fsp3) is 0. The number of fused-ring (bicyclic) bond motifs is 1. The molecule has 5 heteroatoms. The van der Waals surface area contributed by atoms with Crippen LogP contribution < -0.4 is 11.1 Å². The Labute approximate surface area is 109 Å². The molecule has 0 bridgehead atoms. The van der Waals surface area contributed by atoms with Crippen molar-refractivity contribution in [3.05, 3.63) is 54.6 Å². The van der Waals surface area contributed by atoms with Crippen LogP contribution in [0.25, 0.3) is 10.9 Å². The van der Waals surface area contributed by atoms with Gasteiger partial charge in [0.05, 0.1) is 5.52 Å². The summed E-state index contributed by atoms with van der Waals surface area (Å²) in [7, 11) is 0. The molecule has 0 spiro atoms. The molecule has 3 aromatic rings. The summed E-state index contributed by atoms with van der Waals surface area (Å²) in [6.45, 7) is 0. The SMILES string of the molecule is Nc1ccc2c(Nc3ccc(F)cc3)ncnc2c1. The summed E-state index contributed by atoms with van der Waals surface area (Å²) in [4.78, 5) is 8.36. The lowest BCUT2D eigenvalue weighted by Gasteiger charge is -2.08. The predicted molar refractivity (Wildman–Crippen MR) is 73.6 cm³/mol. The Morgan fingerprint density at radius 1 is 1.00 bits per heavy atom. The molecular formula is C14H11FN4. The van der Waals surface area contributed by atoms with Crippen LogP contribution in [0.1, 0.15) is 0 Å². The van der Waals surface area contributed by atoms with Crippen molar-refractivity contribution in [2.75, 3.05) is 11.1 Å². The maximum atomic E-state index is 12.9. The molecule has 94 valence electrons. The third-order valence-electron chi connectivity index (χ3n) is 2.77. The summed E-state index contributed by atoms with van der Waals surface area (Å²) >= 11 is 0. The van der Waals surface area contributed by atoms with E-state index in [1.807, 2.05) is 6.07 Å². The monoisotopic (exact) mass is 254 g/mol. The number of aromatic nitrogens is 2. The van der Waals surface area contributed by atoms with Crippen LogP contribution in [0, 0.1) is 5.82 Å². The smallest absolute Gasteiger partial charge is 0.141 e. The zero-order chi connectivity index (χ0) is 13.2.